The number of aliphatic hydroxyl groups excluding tert-OH is 4. The molecular formula is C71H139NO5. The molecule has 6 nitrogen and oxygen atoms in total. The van der Waals surface area contributed by atoms with E-state index in [1.807, 2.05) is 0 Å². The highest BCUT2D eigenvalue weighted by Gasteiger charge is 2.28. The van der Waals surface area contributed by atoms with Crippen molar-refractivity contribution in [2.45, 2.75) is 417 Å². The van der Waals surface area contributed by atoms with E-state index in [1.54, 1.807) is 0 Å². The number of allylic oxidation sites excluding steroid dienone is 4. The van der Waals surface area contributed by atoms with Crippen LogP contribution < -0.4 is 5.32 Å². The molecule has 0 saturated carbocycles. The van der Waals surface area contributed by atoms with Crippen LogP contribution in [0.4, 0.5) is 0 Å². The molecule has 0 aromatic carbocycles. The lowest BCUT2D eigenvalue weighted by Crippen LogP contribution is -2.53. The van der Waals surface area contributed by atoms with E-state index < -0.39 is 36.9 Å². The molecule has 0 aromatic heterocycles. The minimum absolute atomic E-state index is 0.367. The maximum Gasteiger partial charge on any atom is 0.249 e. The summed E-state index contributed by atoms with van der Waals surface area (Å²) < 4.78 is 0. The Bertz CT molecular complexity index is 1170. The number of nitrogens with one attached hydrogen (secondary N) is 1. The number of hydrogen-bond acceptors (Lipinski definition) is 5. The highest BCUT2D eigenvalue weighted by Crippen LogP contribution is 2.19. The van der Waals surface area contributed by atoms with Crippen LogP contribution >= 0.6 is 0 Å². The average Bonchev–Trinajstić information content (AvgIpc) is 3.43. The summed E-state index contributed by atoms with van der Waals surface area (Å²) >= 11 is 0. The van der Waals surface area contributed by atoms with Gasteiger partial charge in [0, 0.05) is 0 Å². The second-order valence-corrected chi connectivity index (χ2v) is 24.6. The van der Waals surface area contributed by atoms with Crippen molar-refractivity contribution in [1.29, 1.82) is 0 Å². The SMILES string of the molecule is CCCCCCCCCCCCCCCC/C=C\CCCCCCCCCCCCCCCCCCC(O)C(=O)NC(CO)C(O)C(O)CCC/C=C/CCCCCCCCCCCCCCCCCCCCCCCC. The van der Waals surface area contributed by atoms with Crippen LogP contribution in [0.2, 0.25) is 0 Å². The monoisotopic (exact) mass is 1090 g/mol. The van der Waals surface area contributed by atoms with Gasteiger partial charge in [0.2, 0.25) is 5.91 Å². The van der Waals surface area contributed by atoms with E-state index in [-0.39, 0.29) is 0 Å². The molecule has 0 aliphatic heterocycles. The maximum absolute atomic E-state index is 12.7. The Hall–Kier alpha value is -1.21. The number of amides is 1. The zero-order chi connectivity index (χ0) is 55.8. The van der Waals surface area contributed by atoms with Crippen molar-refractivity contribution in [3.8, 4) is 0 Å². The Morgan fingerprint density at radius 2 is 0.532 bits per heavy atom. The van der Waals surface area contributed by atoms with E-state index in [0.29, 0.717) is 12.8 Å². The minimum Gasteiger partial charge on any atom is -0.394 e. The molecule has 6 heteroatoms. The average molecular weight is 1090 g/mol. The molecule has 5 N–H and O–H groups in total. The van der Waals surface area contributed by atoms with Gasteiger partial charge in [-0.3, -0.25) is 4.79 Å². The standard InChI is InChI=1S/C71H139NO5/c1-3-5-7-9-11-13-15-17-19-21-23-25-27-29-31-32-33-34-35-36-37-39-41-43-45-47-49-51-53-55-57-59-61-63-65-69(75)71(77)72-67(66-73)70(76)68(74)64-62-60-58-56-54-52-50-48-46-44-42-40-38-30-28-26-24-22-20-18-16-14-12-10-8-6-4-2/h32-33,56,58,67-70,73-76H,3-31,34-55,57,59-66H2,1-2H3,(H,72,77)/b33-32-,58-56+. The van der Waals surface area contributed by atoms with Crippen molar-refractivity contribution in [2.75, 3.05) is 6.61 Å². The summed E-state index contributed by atoms with van der Waals surface area (Å²) in [6, 6.07) is -1.00. The van der Waals surface area contributed by atoms with Crippen LogP contribution in [0, 0.1) is 0 Å². The fraction of sp³-hybridized carbons (Fsp3) is 0.930. The fourth-order valence-corrected chi connectivity index (χ4v) is 11.4. The summed E-state index contributed by atoms with van der Waals surface area (Å²) in [6.45, 7) is 4.10. The zero-order valence-electron chi connectivity index (χ0n) is 52.2. The fourth-order valence-electron chi connectivity index (χ4n) is 11.4. The van der Waals surface area contributed by atoms with Crippen LogP contribution in [0.15, 0.2) is 24.3 Å². The van der Waals surface area contributed by atoms with Gasteiger partial charge in [0.1, 0.15) is 12.2 Å². The normalized spacial score (nSPS) is 13.6. The number of aliphatic hydroxyl groups is 4. The molecule has 0 bridgehead atoms. The molecular weight excluding hydrogens is 947 g/mol. The molecule has 1 amide bonds. The second-order valence-electron chi connectivity index (χ2n) is 24.6. The zero-order valence-corrected chi connectivity index (χ0v) is 52.2. The first-order valence-electron chi connectivity index (χ1n) is 35.2. The van der Waals surface area contributed by atoms with E-state index in [0.717, 1.165) is 38.5 Å². The summed E-state index contributed by atoms with van der Waals surface area (Å²) in [6.07, 6.45) is 83.1. The quantitative estimate of drug-likeness (QED) is 0.0308. The van der Waals surface area contributed by atoms with Gasteiger partial charge >= 0.3 is 0 Å². The van der Waals surface area contributed by atoms with E-state index in [2.05, 4.69) is 43.5 Å². The van der Waals surface area contributed by atoms with Crippen LogP contribution in [0.25, 0.3) is 0 Å². The Morgan fingerprint density at radius 3 is 0.779 bits per heavy atom. The predicted octanol–water partition coefficient (Wildman–Crippen LogP) is 21.7. The molecule has 0 radical (unpaired) electrons. The van der Waals surface area contributed by atoms with Crippen LogP contribution in [0.1, 0.15) is 393 Å². The molecule has 0 aliphatic rings. The van der Waals surface area contributed by atoms with Crippen molar-refractivity contribution < 1.29 is 25.2 Å². The largest absolute Gasteiger partial charge is 0.394 e. The lowest BCUT2D eigenvalue weighted by atomic mass is 10.00. The Labute approximate surface area is 482 Å². The van der Waals surface area contributed by atoms with Crippen LogP contribution in [0.5, 0.6) is 0 Å². The minimum atomic E-state index is -1.28. The van der Waals surface area contributed by atoms with Crippen LogP contribution in [-0.4, -0.2) is 57.3 Å². The first-order chi connectivity index (χ1) is 38.0. The van der Waals surface area contributed by atoms with Crippen molar-refractivity contribution in [3.05, 3.63) is 24.3 Å². The van der Waals surface area contributed by atoms with Gasteiger partial charge in [-0.1, -0.05) is 353 Å². The van der Waals surface area contributed by atoms with E-state index in [9.17, 15) is 25.2 Å². The molecule has 77 heavy (non-hydrogen) atoms. The third-order valence-corrected chi connectivity index (χ3v) is 16.9. The number of carbonyl (C=O) groups is 1. The summed E-state index contributed by atoms with van der Waals surface area (Å²) in [7, 11) is 0. The van der Waals surface area contributed by atoms with E-state index in [4.69, 9.17) is 0 Å². The van der Waals surface area contributed by atoms with Gasteiger partial charge in [-0.25, -0.2) is 0 Å². The molecule has 0 aliphatic carbocycles. The molecule has 0 spiro atoms. The van der Waals surface area contributed by atoms with Gasteiger partial charge in [-0.05, 0) is 64.2 Å². The Balaban J connectivity index is 3.55. The lowest BCUT2D eigenvalue weighted by Gasteiger charge is -2.27. The number of rotatable bonds is 66. The van der Waals surface area contributed by atoms with Crippen molar-refractivity contribution >= 4 is 5.91 Å². The summed E-state index contributed by atoms with van der Waals surface area (Å²) in [4.78, 5) is 12.7. The van der Waals surface area contributed by atoms with Gasteiger partial charge in [0.05, 0.1) is 18.8 Å². The number of hydrogen-bond donors (Lipinski definition) is 5. The van der Waals surface area contributed by atoms with Crippen molar-refractivity contribution in [1.82, 2.24) is 5.32 Å². The second kappa shape index (κ2) is 65.6. The first-order valence-corrected chi connectivity index (χ1v) is 35.2. The molecule has 4 atom stereocenters. The Morgan fingerprint density at radius 1 is 0.312 bits per heavy atom. The smallest absolute Gasteiger partial charge is 0.249 e. The molecule has 0 rings (SSSR count). The molecule has 0 saturated heterocycles. The highest BCUT2D eigenvalue weighted by molar-refractivity contribution is 5.80. The Kier molecular flexibility index (Phi) is 64.6. The summed E-state index contributed by atoms with van der Waals surface area (Å²) in [5.74, 6) is -0.586. The third-order valence-electron chi connectivity index (χ3n) is 16.9. The van der Waals surface area contributed by atoms with Crippen LogP contribution in [0.3, 0.4) is 0 Å². The van der Waals surface area contributed by atoms with Crippen molar-refractivity contribution in [3.63, 3.8) is 0 Å². The maximum atomic E-state index is 12.7. The summed E-state index contributed by atoms with van der Waals surface area (Å²) in [5.41, 5.74) is 0. The molecule has 458 valence electrons. The van der Waals surface area contributed by atoms with Gasteiger partial charge in [-0.15, -0.1) is 0 Å². The van der Waals surface area contributed by atoms with Gasteiger partial charge in [-0.2, -0.15) is 0 Å². The third kappa shape index (κ3) is 59.2. The topological polar surface area (TPSA) is 110 Å². The molecule has 0 heterocycles. The molecule has 4 unspecified atom stereocenters. The van der Waals surface area contributed by atoms with E-state index >= 15 is 0 Å². The van der Waals surface area contributed by atoms with E-state index in [1.165, 1.54) is 327 Å². The molecule has 0 fully saturated rings. The van der Waals surface area contributed by atoms with Gasteiger partial charge in [0.25, 0.3) is 0 Å². The van der Waals surface area contributed by atoms with Crippen LogP contribution in [-0.2, 0) is 4.79 Å². The predicted molar refractivity (Wildman–Crippen MR) is 339 cm³/mol. The van der Waals surface area contributed by atoms with Gasteiger partial charge in [0.15, 0.2) is 0 Å². The van der Waals surface area contributed by atoms with Gasteiger partial charge < -0.3 is 25.7 Å². The first kappa shape index (κ1) is 75.8. The number of carbonyl (C=O) groups excluding carboxylic acids is 1. The molecule has 0 aromatic rings. The number of unbranched alkanes of at least 4 members (excludes halogenated alkanes) is 53. The summed E-state index contributed by atoms with van der Waals surface area (Å²) in [5, 5.41) is 44.2. The van der Waals surface area contributed by atoms with Crippen molar-refractivity contribution in [2.24, 2.45) is 0 Å². The lowest BCUT2D eigenvalue weighted by molar-refractivity contribution is -0.132. The highest BCUT2D eigenvalue weighted by atomic mass is 16.3.